The van der Waals surface area contributed by atoms with Gasteiger partial charge in [0.2, 0.25) is 5.91 Å². The van der Waals surface area contributed by atoms with Gasteiger partial charge in [-0.2, -0.15) is 0 Å². The van der Waals surface area contributed by atoms with Gasteiger partial charge in [0.15, 0.2) is 0 Å². The van der Waals surface area contributed by atoms with Crippen molar-refractivity contribution in [2.75, 3.05) is 44.7 Å². The Morgan fingerprint density at radius 3 is 2.80 bits per heavy atom. The number of aromatic nitrogens is 3. The molecule has 1 N–H and O–H groups in total. The minimum Gasteiger partial charge on any atom is -0.455 e. The monoisotopic (exact) mass is 556 g/mol. The van der Waals surface area contributed by atoms with Gasteiger partial charge < -0.3 is 19.7 Å². The van der Waals surface area contributed by atoms with E-state index in [2.05, 4.69) is 25.2 Å². The van der Waals surface area contributed by atoms with Crippen LogP contribution < -0.4 is 10.1 Å². The first-order valence-electron chi connectivity index (χ1n) is 13.5. The van der Waals surface area contributed by atoms with Crippen LogP contribution in [-0.2, 0) is 22.5 Å². The average molecular weight is 557 g/mol. The summed E-state index contributed by atoms with van der Waals surface area (Å²) in [7, 11) is 0. The van der Waals surface area contributed by atoms with E-state index in [1.165, 1.54) is 10.4 Å². The summed E-state index contributed by atoms with van der Waals surface area (Å²) in [5.41, 5.74) is 4.10. The van der Waals surface area contributed by atoms with Crippen LogP contribution in [0.3, 0.4) is 0 Å². The van der Waals surface area contributed by atoms with E-state index in [0.29, 0.717) is 18.8 Å². The van der Waals surface area contributed by atoms with Gasteiger partial charge in [-0.05, 0) is 61.7 Å². The second-order valence-corrected chi connectivity index (χ2v) is 11.2. The van der Waals surface area contributed by atoms with Crippen molar-refractivity contribution < 1.29 is 14.3 Å². The summed E-state index contributed by atoms with van der Waals surface area (Å²) in [5, 5.41) is 4.54. The van der Waals surface area contributed by atoms with Crippen LogP contribution >= 0.6 is 11.3 Å². The number of hydrogen-bond acceptors (Lipinski definition) is 9. The number of carbonyl (C=O) groups excluding carboxylic acids is 1. The van der Waals surface area contributed by atoms with E-state index in [1.54, 1.807) is 29.9 Å². The number of anilines is 2. The zero-order valence-electron chi connectivity index (χ0n) is 22.7. The van der Waals surface area contributed by atoms with Gasteiger partial charge >= 0.3 is 0 Å². The molecule has 40 heavy (non-hydrogen) atoms. The fraction of sp³-hybridized carbons (Fsp3) is 0.333. The topological polar surface area (TPSA) is 92.7 Å². The molecule has 5 heterocycles. The van der Waals surface area contributed by atoms with Crippen molar-refractivity contribution in [3.63, 3.8) is 0 Å². The fourth-order valence-corrected chi connectivity index (χ4v) is 6.23. The molecule has 0 atom stereocenters. The standard InChI is InChI=1S/C30H32N6O3S/c1-20-16-22(6-8-25(20)39-23-7-5-21(2)31-17-23)34-29-28-24-9-11-36(18-26(24)40-30(28)33-19-32-29)27(37)4-3-10-35-12-14-38-15-13-35/h3-8,16-17,19H,9-15,18H2,1-2H3,(H,32,33,34)/b4-3+. The summed E-state index contributed by atoms with van der Waals surface area (Å²) in [6.45, 7) is 9.35. The van der Waals surface area contributed by atoms with Gasteiger partial charge in [-0.1, -0.05) is 6.08 Å². The van der Waals surface area contributed by atoms with E-state index in [4.69, 9.17) is 9.47 Å². The number of amides is 1. The van der Waals surface area contributed by atoms with Gasteiger partial charge in [0, 0.05) is 48.5 Å². The van der Waals surface area contributed by atoms with Gasteiger partial charge in [0.1, 0.15) is 28.5 Å². The highest BCUT2D eigenvalue weighted by atomic mass is 32.1. The first-order chi connectivity index (χ1) is 19.5. The Kier molecular flexibility index (Phi) is 7.72. The highest BCUT2D eigenvalue weighted by molar-refractivity contribution is 7.19. The molecule has 206 valence electrons. The van der Waals surface area contributed by atoms with Crippen molar-refractivity contribution in [2.24, 2.45) is 0 Å². The lowest BCUT2D eigenvalue weighted by molar-refractivity contribution is -0.126. The molecule has 10 heteroatoms. The number of thiophene rings is 1. The molecule has 0 unspecified atom stereocenters. The molecule has 0 spiro atoms. The molecule has 4 aromatic rings. The Balaban J connectivity index is 1.15. The third-order valence-electron chi connectivity index (χ3n) is 7.23. The summed E-state index contributed by atoms with van der Waals surface area (Å²) >= 11 is 1.64. The number of carbonyl (C=O) groups is 1. The van der Waals surface area contributed by atoms with Crippen LogP contribution in [0.2, 0.25) is 0 Å². The average Bonchev–Trinajstić information content (AvgIpc) is 3.35. The molecule has 6 rings (SSSR count). The minimum absolute atomic E-state index is 0.0556. The van der Waals surface area contributed by atoms with Gasteiger partial charge in [-0.25, -0.2) is 9.97 Å². The molecule has 2 aliphatic heterocycles. The number of aryl methyl sites for hydroxylation is 2. The molecule has 1 saturated heterocycles. The van der Waals surface area contributed by atoms with Crippen LogP contribution in [0.5, 0.6) is 11.5 Å². The summed E-state index contributed by atoms with van der Waals surface area (Å²) in [6, 6.07) is 9.84. The predicted octanol–water partition coefficient (Wildman–Crippen LogP) is 5.01. The first kappa shape index (κ1) is 26.4. The fourth-order valence-electron chi connectivity index (χ4n) is 5.02. The molecular weight excluding hydrogens is 524 g/mol. The van der Waals surface area contributed by atoms with Crippen molar-refractivity contribution in [1.29, 1.82) is 0 Å². The van der Waals surface area contributed by atoms with E-state index in [-0.39, 0.29) is 5.91 Å². The number of nitrogens with zero attached hydrogens (tertiary/aromatic N) is 5. The van der Waals surface area contributed by atoms with Crippen molar-refractivity contribution >= 4 is 39.0 Å². The van der Waals surface area contributed by atoms with Crippen LogP contribution in [0.25, 0.3) is 10.2 Å². The molecule has 0 bridgehead atoms. The summed E-state index contributed by atoms with van der Waals surface area (Å²) < 4.78 is 11.4. The maximum absolute atomic E-state index is 12.9. The zero-order valence-corrected chi connectivity index (χ0v) is 23.5. The highest BCUT2D eigenvalue weighted by Crippen LogP contribution is 2.38. The zero-order chi connectivity index (χ0) is 27.5. The van der Waals surface area contributed by atoms with Gasteiger partial charge in [-0.3, -0.25) is 14.7 Å². The Hall–Kier alpha value is -3.86. The molecule has 0 aliphatic carbocycles. The van der Waals surface area contributed by atoms with Gasteiger partial charge in [-0.15, -0.1) is 11.3 Å². The van der Waals surface area contributed by atoms with Crippen molar-refractivity contribution in [1.82, 2.24) is 24.8 Å². The maximum Gasteiger partial charge on any atom is 0.246 e. The lowest BCUT2D eigenvalue weighted by Crippen LogP contribution is -2.37. The van der Waals surface area contributed by atoms with E-state index < -0.39 is 0 Å². The molecule has 9 nitrogen and oxygen atoms in total. The third kappa shape index (κ3) is 5.84. The molecule has 1 amide bonds. The van der Waals surface area contributed by atoms with Crippen molar-refractivity contribution in [2.45, 2.75) is 26.8 Å². The predicted molar refractivity (Wildman–Crippen MR) is 156 cm³/mol. The highest BCUT2D eigenvalue weighted by Gasteiger charge is 2.25. The van der Waals surface area contributed by atoms with Crippen LogP contribution in [0, 0.1) is 13.8 Å². The Morgan fingerprint density at radius 2 is 2.00 bits per heavy atom. The third-order valence-corrected chi connectivity index (χ3v) is 8.35. The molecule has 1 fully saturated rings. The Bertz CT molecular complexity index is 1550. The number of nitrogens with one attached hydrogen (secondary N) is 1. The van der Waals surface area contributed by atoms with E-state index in [0.717, 1.165) is 78.0 Å². The lowest BCUT2D eigenvalue weighted by Gasteiger charge is -2.27. The van der Waals surface area contributed by atoms with Gasteiger partial charge in [0.05, 0.1) is 31.3 Å². The number of pyridine rings is 1. The van der Waals surface area contributed by atoms with E-state index >= 15 is 0 Å². The molecule has 0 saturated carbocycles. The van der Waals surface area contributed by atoms with Crippen LogP contribution in [0.4, 0.5) is 11.5 Å². The van der Waals surface area contributed by atoms with Crippen molar-refractivity contribution in [3.8, 4) is 11.5 Å². The van der Waals surface area contributed by atoms with Crippen molar-refractivity contribution in [3.05, 3.63) is 76.7 Å². The lowest BCUT2D eigenvalue weighted by atomic mass is 10.0. The second kappa shape index (κ2) is 11.7. The smallest absolute Gasteiger partial charge is 0.246 e. The number of morpholine rings is 1. The summed E-state index contributed by atoms with van der Waals surface area (Å²) in [5.74, 6) is 2.32. The number of rotatable bonds is 7. The molecule has 3 aromatic heterocycles. The largest absolute Gasteiger partial charge is 0.455 e. The number of hydrogen-bond donors (Lipinski definition) is 1. The maximum atomic E-state index is 12.9. The second-order valence-electron chi connectivity index (χ2n) is 10.1. The molecule has 0 radical (unpaired) electrons. The SMILES string of the molecule is Cc1ccc(Oc2ccc(Nc3ncnc4sc5c(c34)CCN(C(=O)/C=C/CN3CCOCC3)C5)cc2C)cn1. The summed E-state index contributed by atoms with van der Waals surface area (Å²) in [6.07, 6.45) is 7.79. The quantitative estimate of drug-likeness (QED) is 0.318. The summed E-state index contributed by atoms with van der Waals surface area (Å²) in [4.78, 5) is 32.7. The number of ether oxygens (including phenoxy) is 2. The molecule has 1 aromatic carbocycles. The van der Waals surface area contributed by atoms with Gasteiger partial charge in [0.25, 0.3) is 0 Å². The minimum atomic E-state index is 0.0556. The number of benzene rings is 1. The van der Waals surface area contributed by atoms with E-state index in [9.17, 15) is 4.79 Å². The first-order valence-corrected chi connectivity index (χ1v) is 14.3. The molecular formula is C30H32N6O3S. The van der Waals surface area contributed by atoms with Crippen LogP contribution in [-0.4, -0.2) is 70.1 Å². The Labute approximate surface area is 237 Å². The van der Waals surface area contributed by atoms with Crippen LogP contribution in [0.1, 0.15) is 21.7 Å². The Morgan fingerprint density at radius 1 is 1.12 bits per heavy atom. The van der Waals surface area contributed by atoms with Crippen LogP contribution in [0.15, 0.2) is 55.0 Å². The number of fused-ring (bicyclic) bond motifs is 3. The van der Waals surface area contributed by atoms with E-state index in [1.807, 2.05) is 55.2 Å². The molecule has 2 aliphatic rings. The normalized spacial score (nSPS) is 15.9.